The van der Waals surface area contributed by atoms with Crippen molar-refractivity contribution in [2.24, 2.45) is 0 Å². The molecule has 2 rings (SSSR count). The highest BCUT2D eigenvalue weighted by Crippen LogP contribution is 2.28. The molecule has 0 aliphatic heterocycles. The first-order valence-corrected chi connectivity index (χ1v) is 8.04. The van der Waals surface area contributed by atoms with Crippen LogP contribution in [0.3, 0.4) is 0 Å². The van der Waals surface area contributed by atoms with Crippen LogP contribution in [0.15, 0.2) is 42.5 Å². The van der Waals surface area contributed by atoms with E-state index in [0.29, 0.717) is 30.2 Å². The van der Waals surface area contributed by atoms with Gasteiger partial charge in [0.2, 0.25) is 0 Å². The van der Waals surface area contributed by atoms with Gasteiger partial charge in [0.05, 0.1) is 13.7 Å². The molecule has 0 fully saturated rings. The minimum atomic E-state index is -2.86. The van der Waals surface area contributed by atoms with Crippen molar-refractivity contribution < 1.29 is 27.8 Å². The van der Waals surface area contributed by atoms with Crippen molar-refractivity contribution in [2.75, 3.05) is 20.8 Å². The van der Waals surface area contributed by atoms with Gasteiger partial charge in [-0.3, -0.25) is 4.79 Å². The lowest BCUT2D eigenvalue weighted by Gasteiger charge is -2.18. The SMILES string of the molecule is CCOc1cc(C(=O)N(C)Cc2ccc(OC(F)F)cc2)ccc1OC. The van der Waals surface area contributed by atoms with Gasteiger partial charge in [-0.05, 0) is 42.8 Å². The first kappa shape index (κ1) is 19.5. The van der Waals surface area contributed by atoms with Gasteiger partial charge in [-0.25, -0.2) is 0 Å². The molecule has 7 heteroatoms. The first-order valence-electron chi connectivity index (χ1n) is 8.04. The van der Waals surface area contributed by atoms with Crippen molar-refractivity contribution in [2.45, 2.75) is 20.1 Å². The highest BCUT2D eigenvalue weighted by Gasteiger charge is 2.15. The monoisotopic (exact) mass is 365 g/mol. The Bertz CT molecular complexity index is 735. The Kier molecular flexibility index (Phi) is 6.77. The van der Waals surface area contributed by atoms with Crippen LogP contribution in [0.1, 0.15) is 22.8 Å². The lowest BCUT2D eigenvalue weighted by molar-refractivity contribution is -0.0498. The maximum atomic E-state index is 12.6. The fraction of sp³-hybridized carbons (Fsp3) is 0.316. The van der Waals surface area contributed by atoms with Gasteiger partial charge in [-0.15, -0.1) is 0 Å². The quantitative estimate of drug-likeness (QED) is 0.710. The molecule has 0 radical (unpaired) electrons. The van der Waals surface area contributed by atoms with E-state index in [1.807, 2.05) is 6.92 Å². The van der Waals surface area contributed by atoms with E-state index in [9.17, 15) is 13.6 Å². The van der Waals surface area contributed by atoms with Crippen LogP contribution in [0, 0.1) is 0 Å². The third-order valence-corrected chi connectivity index (χ3v) is 3.63. The Morgan fingerprint density at radius 3 is 2.38 bits per heavy atom. The fourth-order valence-electron chi connectivity index (χ4n) is 2.42. The van der Waals surface area contributed by atoms with E-state index in [1.165, 1.54) is 24.1 Å². The van der Waals surface area contributed by atoms with E-state index in [0.717, 1.165) is 5.56 Å². The molecule has 0 saturated carbocycles. The Labute approximate surface area is 151 Å². The summed E-state index contributed by atoms with van der Waals surface area (Å²) >= 11 is 0. The third-order valence-electron chi connectivity index (χ3n) is 3.63. The van der Waals surface area contributed by atoms with E-state index in [1.54, 1.807) is 37.4 Å². The Morgan fingerprint density at radius 2 is 1.81 bits per heavy atom. The van der Waals surface area contributed by atoms with Gasteiger partial charge in [-0.2, -0.15) is 8.78 Å². The van der Waals surface area contributed by atoms with Crippen molar-refractivity contribution >= 4 is 5.91 Å². The summed E-state index contributed by atoms with van der Waals surface area (Å²) in [6.07, 6.45) is 0. The highest BCUT2D eigenvalue weighted by molar-refractivity contribution is 5.94. The van der Waals surface area contributed by atoms with Crippen LogP contribution < -0.4 is 14.2 Å². The molecule has 0 N–H and O–H groups in total. The van der Waals surface area contributed by atoms with Crippen LogP contribution in [0.4, 0.5) is 8.78 Å². The smallest absolute Gasteiger partial charge is 0.387 e. The van der Waals surface area contributed by atoms with Crippen molar-refractivity contribution in [1.29, 1.82) is 0 Å². The predicted octanol–water partition coefficient (Wildman–Crippen LogP) is 3.97. The van der Waals surface area contributed by atoms with Crippen LogP contribution in [0.5, 0.6) is 17.2 Å². The zero-order valence-corrected chi connectivity index (χ0v) is 14.9. The van der Waals surface area contributed by atoms with Crippen molar-refractivity contribution in [3.8, 4) is 17.2 Å². The summed E-state index contributed by atoms with van der Waals surface area (Å²) in [5.41, 5.74) is 1.26. The number of carbonyl (C=O) groups is 1. The number of methoxy groups -OCH3 is 1. The fourth-order valence-corrected chi connectivity index (χ4v) is 2.42. The minimum absolute atomic E-state index is 0.0780. The summed E-state index contributed by atoms with van der Waals surface area (Å²) in [5.74, 6) is 0.944. The van der Waals surface area contributed by atoms with Crippen molar-refractivity contribution in [3.05, 3.63) is 53.6 Å². The second kappa shape index (κ2) is 9.03. The average Bonchev–Trinajstić information content (AvgIpc) is 2.62. The van der Waals surface area contributed by atoms with E-state index in [2.05, 4.69) is 4.74 Å². The zero-order valence-electron chi connectivity index (χ0n) is 14.9. The highest BCUT2D eigenvalue weighted by atomic mass is 19.3. The van der Waals surface area contributed by atoms with Crippen LogP contribution in [0.2, 0.25) is 0 Å². The average molecular weight is 365 g/mol. The largest absolute Gasteiger partial charge is 0.493 e. The number of halogens is 2. The normalized spacial score (nSPS) is 10.5. The molecule has 0 saturated heterocycles. The van der Waals surface area contributed by atoms with Gasteiger partial charge in [-0.1, -0.05) is 12.1 Å². The van der Waals surface area contributed by atoms with Crippen LogP contribution >= 0.6 is 0 Å². The summed E-state index contributed by atoms with van der Waals surface area (Å²) in [4.78, 5) is 14.2. The molecule has 2 aromatic rings. The molecule has 0 aromatic heterocycles. The molecule has 0 heterocycles. The second-order valence-electron chi connectivity index (χ2n) is 5.48. The molecular weight excluding hydrogens is 344 g/mol. The maximum absolute atomic E-state index is 12.6. The number of nitrogens with zero attached hydrogens (tertiary/aromatic N) is 1. The van der Waals surface area contributed by atoms with Gasteiger partial charge in [0.15, 0.2) is 11.5 Å². The number of hydrogen-bond donors (Lipinski definition) is 0. The topological polar surface area (TPSA) is 48.0 Å². The predicted molar refractivity (Wildman–Crippen MR) is 93.0 cm³/mol. The summed E-state index contributed by atoms with van der Waals surface area (Å²) in [6, 6.07) is 11.2. The molecule has 0 aliphatic rings. The van der Waals surface area contributed by atoms with Crippen LogP contribution in [-0.4, -0.2) is 38.2 Å². The lowest BCUT2D eigenvalue weighted by Crippen LogP contribution is -2.26. The summed E-state index contributed by atoms with van der Waals surface area (Å²) in [6.45, 7) is -0.234. The van der Waals surface area contributed by atoms with Crippen LogP contribution in [0.25, 0.3) is 0 Å². The molecule has 0 aliphatic carbocycles. The Hall–Kier alpha value is -2.83. The minimum Gasteiger partial charge on any atom is -0.493 e. The molecule has 26 heavy (non-hydrogen) atoms. The number of carbonyl (C=O) groups excluding carboxylic acids is 1. The van der Waals surface area contributed by atoms with Gasteiger partial charge < -0.3 is 19.1 Å². The van der Waals surface area contributed by atoms with E-state index in [-0.39, 0.29) is 11.7 Å². The van der Waals surface area contributed by atoms with Gasteiger partial charge >= 0.3 is 6.61 Å². The molecule has 140 valence electrons. The number of rotatable bonds is 8. The first-order chi connectivity index (χ1) is 12.4. The van der Waals surface area contributed by atoms with E-state index >= 15 is 0 Å². The number of benzene rings is 2. The molecule has 2 aromatic carbocycles. The van der Waals surface area contributed by atoms with Crippen LogP contribution in [-0.2, 0) is 6.54 Å². The van der Waals surface area contributed by atoms with Crippen molar-refractivity contribution in [1.82, 2.24) is 4.90 Å². The Morgan fingerprint density at radius 1 is 1.12 bits per heavy atom. The van der Waals surface area contributed by atoms with E-state index in [4.69, 9.17) is 9.47 Å². The zero-order chi connectivity index (χ0) is 19.1. The standard InChI is InChI=1S/C19H21F2NO4/c1-4-25-17-11-14(7-10-16(17)24-3)18(23)22(2)12-13-5-8-15(9-6-13)26-19(20)21/h5-11,19H,4,12H2,1-3H3. The molecule has 0 atom stereocenters. The number of amides is 1. The second-order valence-corrected chi connectivity index (χ2v) is 5.48. The van der Waals surface area contributed by atoms with Crippen molar-refractivity contribution in [3.63, 3.8) is 0 Å². The molecular formula is C19H21F2NO4. The van der Waals surface area contributed by atoms with E-state index < -0.39 is 6.61 Å². The molecule has 0 bridgehead atoms. The molecule has 1 amide bonds. The number of alkyl halides is 2. The van der Waals surface area contributed by atoms with Gasteiger partial charge in [0.25, 0.3) is 5.91 Å². The van der Waals surface area contributed by atoms with Gasteiger partial charge in [0.1, 0.15) is 5.75 Å². The van der Waals surface area contributed by atoms with Gasteiger partial charge in [0, 0.05) is 19.2 Å². The summed E-state index contributed by atoms with van der Waals surface area (Å²) in [7, 11) is 3.20. The Balaban J connectivity index is 2.08. The molecule has 0 unspecified atom stereocenters. The number of ether oxygens (including phenoxy) is 3. The summed E-state index contributed by atoms with van der Waals surface area (Å²) in [5, 5.41) is 0. The number of hydrogen-bond acceptors (Lipinski definition) is 4. The maximum Gasteiger partial charge on any atom is 0.387 e. The molecule has 5 nitrogen and oxygen atoms in total. The lowest BCUT2D eigenvalue weighted by atomic mass is 10.1. The molecule has 0 spiro atoms. The summed E-state index contributed by atoms with van der Waals surface area (Å²) < 4.78 is 39.4. The third kappa shape index (κ3) is 5.08.